The zero-order chi connectivity index (χ0) is 20.2. The largest absolute Gasteiger partial charge is 0.484 e. The van der Waals surface area contributed by atoms with Crippen LogP contribution in [0.15, 0.2) is 58.4 Å². The quantitative estimate of drug-likeness (QED) is 0.317. The molecule has 4 rings (SSSR count). The molecule has 2 heterocycles. The molecule has 0 saturated carbocycles. The molecule has 0 fully saturated rings. The zero-order valence-corrected chi connectivity index (χ0v) is 16.7. The molecule has 0 unspecified atom stereocenters. The summed E-state index contributed by atoms with van der Waals surface area (Å²) >= 11 is 7.51. The van der Waals surface area contributed by atoms with Gasteiger partial charge in [-0.3, -0.25) is 0 Å². The third-order valence-corrected chi connectivity index (χ3v) is 4.99. The lowest BCUT2D eigenvalue weighted by molar-refractivity contribution is 0.0729. The van der Waals surface area contributed by atoms with Crippen molar-refractivity contribution in [1.29, 1.82) is 0 Å². The minimum Gasteiger partial charge on any atom is -0.484 e. The molecular weight excluding hydrogens is 414 g/mol. The van der Waals surface area contributed by atoms with E-state index in [1.54, 1.807) is 42.6 Å². The SMILES string of the molecule is Cc1noc(COc2ccc(OC(=O)c3csc(-c4ccccc4Cl)n3)cc2)n1. The molecule has 0 saturated heterocycles. The van der Waals surface area contributed by atoms with Gasteiger partial charge >= 0.3 is 5.97 Å². The summed E-state index contributed by atoms with van der Waals surface area (Å²) in [5.41, 5.74) is 0.994. The van der Waals surface area contributed by atoms with Gasteiger partial charge in [0.05, 0.1) is 5.02 Å². The number of nitrogens with zero attached hydrogens (tertiary/aromatic N) is 3. The number of aromatic nitrogens is 3. The average molecular weight is 428 g/mol. The van der Waals surface area contributed by atoms with E-state index in [0.29, 0.717) is 33.2 Å². The van der Waals surface area contributed by atoms with Gasteiger partial charge in [-0.15, -0.1) is 11.3 Å². The molecule has 0 aliphatic carbocycles. The summed E-state index contributed by atoms with van der Waals surface area (Å²) < 4.78 is 15.9. The van der Waals surface area contributed by atoms with Crippen molar-refractivity contribution < 1.29 is 18.8 Å². The Kier molecular flexibility index (Phi) is 5.55. The Labute approximate surface area is 174 Å². The minimum absolute atomic E-state index is 0.156. The highest BCUT2D eigenvalue weighted by molar-refractivity contribution is 7.13. The maximum atomic E-state index is 12.4. The van der Waals surface area contributed by atoms with Gasteiger partial charge in [0.2, 0.25) is 0 Å². The summed E-state index contributed by atoms with van der Waals surface area (Å²) in [6.07, 6.45) is 0. The number of benzene rings is 2. The lowest BCUT2D eigenvalue weighted by Gasteiger charge is -2.05. The van der Waals surface area contributed by atoms with Crippen LogP contribution in [0.5, 0.6) is 11.5 Å². The van der Waals surface area contributed by atoms with E-state index < -0.39 is 5.97 Å². The number of halogens is 1. The molecular formula is C20H14ClN3O4S. The lowest BCUT2D eigenvalue weighted by atomic mass is 10.2. The predicted octanol–water partition coefficient (Wildman–Crippen LogP) is 4.95. The van der Waals surface area contributed by atoms with E-state index >= 15 is 0 Å². The molecule has 0 amide bonds. The van der Waals surface area contributed by atoms with E-state index in [-0.39, 0.29) is 12.3 Å². The minimum atomic E-state index is -0.547. The highest BCUT2D eigenvalue weighted by atomic mass is 35.5. The van der Waals surface area contributed by atoms with Crippen molar-refractivity contribution in [1.82, 2.24) is 15.1 Å². The van der Waals surface area contributed by atoms with Gasteiger partial charge in [0.1, 0.15) is 16.5 Å². The maximum Gasteiger partial charge on any atom is 0.363 e. The standard InChI is InChI=1S/C20H14ClN3O4S/c1-12-22-18(28-24-12)10-26-13-6-8-14(9-7-13)27-20(25)17-11-29-19(23-17)15-4-2-3-5-16(15)21/h2-9,11H,10H2,1H3. The molecule has 146 valence electrons. The Morgan fingerprint density at radius 1 is 1.10 bits per heavy atom. The number of thiazole rings is 1. The summed E-state index contributed by atoms with van der Waals surface area (Å²) in [4.78, 5) is 20.8. The normalized spacial score (nSPS) is 10.7. The van der Waals surface area contributed by atoms with Crippen LogP contribution in [0, 0.1) is 6.92 Å². The first-order valence-electron chi connectivity index (χ1n) is 8.53. The van der Waals surface area contributed by atoms with Crippen LogP contribution < -0.4 is 9.47 Å². The lowest BCUT2D eigenvalue weighted by Crippen LogP contribution is -2.08. The Morgan fingerprint density at radius 3 is 2.59 bits per heavy atom. The summed E-state index contributed by atoms with van der Waals surface area (Å²) in [5.74, 6) is 1.34. The van der Waals surface area contributed by atoms with Crippen molar-refractivity contribution in [3.8, 4) is 22.1 Å². The van der Waals surface area contributed by atoms with Crippen LogP contribution in [-0.4, -0.2) is 21.1 Å². The summed E-state index contributed by atoms with van der Waals surface area (Å²) in [6, 6.07) is 14.0. The Hall–Kier alpha value is -3.23. The van der Waals surface area contributed by atoms with Gasteiger partial charge in [-0.25, -0.2) is 9.78 Å². The fourth-order valence-electron chi connectivity index (χ4n) is 2.43. The topological polar surface area (TPSA) is 87.3 Å². The number of esters is 1. The van der Waals surface area contributed by atoms with E-state index in [9.17, 15) is 4.79 Å². The number of carbonyl (C=O) groups excluding carboxylic acids is 1. The molecule has 7 nitrogen and oxygen atoms in total. The van der Waals surface area contributed by atoms with Crippen LogP contribution in [-0.2, 0) is 6.61 Å². The van der Waals surface area contributed by atoms with Crippen molar-refractivity contribution >= 4 is 28.9 Å². The molecule has 4 aromatic rings. The van der Waals surface area contributed by atoms with E-state index in [0.717, 1.165) is 5.56 Å². The third kappa shape index (κ3) is 4.61. The van der Waals surface area contributed by atoms with E-state index in [2.05, 4.69) is 15.1 Å². The van der Waals surface area contributed by atoms with Crippen LogP contribution in [0.1, 0.15) is 22.2 Å². The Balaban J connectivity index is 1.38. The molecule has 0 radical (unpaired) electrons. The van der Waals surface area contributed by atoms with Crippen LogP contribution in [0.3, 0.4) is 0 Å². The molecule has 0 aliphatic heterocycles. The van der Waals surface area contributed by atoms with Crippen molar-refractivity contribution in [2.45, 2.75) is 13.5 Å². The Morgan fingerprint density at radius 2 is 1.86 bits per heavy atom. The number of ether oxygens (including phenoxy) is 2. The first kappa shape index (κ1) is 19.1. The van der Waals surface area contributed by atoms with Gasteiger partial charge in [0, 0.05) is 10.9 Å². The molecule has 0 bridgehead atoms. The molecule has 0 aliphatic rings. The van der Waals surface area contributed by atoms with Gasteiger partial charge in [0.15, 0.2) is 18.1 Å². The van der Waals surface area contributed by atoms with Crippen LogP contribution in [0.4, 0.5) is 0 Å². The molecule has 9 heteroatoms. The third-order valence-electron chi connectivity index (χ3n) is 3.78. The fraction of sp³-hybridized carbons (Fsp3) is 0.100. The van der Waals surface area contributed by atoms with Crippen LogP contribution in [0.2, 0.25) is 5.02 Å². The zero-order valence-electron chi connectivity index (χ0n) is 15.2. The summed E-state index contributed by atoms with van der Waals surface area (Å²) in [5, 5.41) is 6.57. The van der Waals surface area contributed by atoms with Crippen LogP contribution in [0.25, 0.3) is 10.6 Å². The Bertz CT molecular complexity index is 1140. The van der Waals surface area contributed by atoms with Gasteiger partial charge in [-0.2, -0.15) is 4.98 Å². The smallest absolute Gasteiger partial charge is 0.363 e. The predicted molar refractivity (Wildman–Crippen MR) is 107 cm³/mol. The first-order chi connectivity index (χ1) is 14.1. The van der Waals surface area contributed by atoms with E-state index in [1.807, 2.05) is 18.2 Å². The molecule has 2 aromatic heterocycles. The van der Waals surface area contributed by atoms with E-state index in [4.69, 9.17) is 25.6 Å². The van der Waals surface area contributed by atoms with Gasteiger partial charge < -0.3 is 14.0 Å². The number of hydrogen-bond donors (Lipinski definition) is 0. The van der Waals surface area contributed by atoms with E-state index in [1.165, 1.54) is 11.3 Å². The van der Waals surface area contributed by atoms with Gasteiger partial charge in [-0.1, -0.05) is 35.0 Å². The monoisotopic (exact) mass is 427 g/mol. The van der Waals surface area contributed by atoms with Crippen molar-refractivity contribution in [2.24, 2.45) is 0 Å². The molecule has 0 spiro atoms. The van der Waals surface area contributed by atoms with Gasteiger partial charge in [-0.05, 0) is 37.3 Å². The number of aryl methyl sites for hydroxylation is 1. The van der Waals surface area contributed by atoms with Crippen molar-refractivity contribution in [2.75, 3.05) is 0 Å². The molecule has 29 heavy (non-hydrogen) atoms. The second-order valence-electron chi connectivity index (χ2n) is 5.90. The molecule has 0 N–H and O–H groups in total. The second kappa shape index (κ2) is 8.42. The molecule has 2 aromatic carbocycles. The fourth-order valence-corrected chi connectivity index (χ4v) is 3.54. The highest BCUT2D eigenvalue weighted by Crippen LogP contribution is 2.30. The number of rotatable bonds is 6. The number of hydrogen-bond acceptors (Lipinski definition) is 8. The summed E-state index contributed by atoms with van der Waals surface area (Å²) in [7, 11) is 0. The number of carbonyl (C=O) groups is 1. The maximum absolute atomic E-state index is 12.4. The first-order valence-corrected chi connectivity index (χ1v) is 9.79. The van der Waals surface area contributed by atoms with Crippen molar-refractivity contribution in [3.05, 3.63) is 76.3 Å². The van der Waals surface area contributed by atoms with Crippen LogP contribution >= 0.6 is 22.9 Å². The molecule has 0 atom stereocenters. The highest BCUT2D eigenvalue weighted by Gasteiger charge is 2.15. The average Bonchev–Trinajstić information content (AvgIpc) is 3.37. The second-order valence-corrected chi connectivity index (χ2v) is 7.17. The summed E-state index contributed by atoms with van der Waals surface area (Å²) in [6.45, 7) is 1.89. The van der Waals surface area contributed by atoms with Crippen molar-refractivity contribution in [3.63, 3.8) is 0 Å². The van der Waals surface area contributed by atoms with Gasteiger partial charge in [0.25, 0.3) is 5.89 Å².